The minimum absolute atomic E-state index is 0.120. The molecule has 0 N–H and O–H groups in total. The molecule has 3 heteroatoms. The SMILES string of the molecule is CC1(C)c2ccccc2-c2ccc(N(c3ccc(-c4ccccc4)cc3)c3ccc4c(c3)nc3n4-c4ccccc4C3(c3ccccc3)c3ccccc3)cc21. The van der Waals surface area contributed by atoms with Gasteiger partial charge in [0, 0.05) is 22.5 Å². The van der Waals surface area contributed by atoms with Crippen LogP contribution < -0.4 is 4.90 Å². The van der Waals surface area contributed by atoms with Crippen LogP contribution in [0.4, 0.5) is 17.1 Å². The van der Waals surface area contributed by atoms with Crippen LogP contribution in [0.15, 0.2) is 200 Å². The molecule has 0 bridgehead atoms. The van der Waals surface area contributed by atoms with Crippen molar-refractivity contribution >= 4 is 28.1 Å². The third kappa shape index (κ3) is 4.61. The molecule has 1 aliphatic heterocycles. The molecular formula is C53H39N3. The molecule has 0 saturated heterocycles. The molecule has 8 aromatic carbocycles. The standard InChI is InChI=1S/C53H39N3/c1-52(2)45-23-13-12-22-43(45)44-32-30-41(34-47(44)52)55(40-28-26-37(27-29-40)36-16-6-3-7-17-36)42-31-33-50-48(35-42)54-51-53(38-18-8-4-9-19-38,39-20-10-5-11-21-39)46-24-14-15-25-49(46)56(50)51/h3-35H,1-2H3. The van der Waals surface area contributed by atoms with Crippen molar-refractivity contribution in [3.8, 4) is 27.9 Å². The number of nitrogens with zero attached hydrogens (tertiary/aromatic N) is 3. The third-order valence-corrected chi connectivity index (χ3v) is 12.3. The highest BCUT2D eigenvalue weighted by molar-refractivity contribution is 5.91. The van der Waals surface area contributed by atoms with Gasteiger partial charge in [-0.15, -0.1) is 0 Å². The van der Waals surface area contributed by atoms with Gasteiger partial charge in [0.1, 0.15) is 11.2 Å². The van der Waals surface area contributed by atoms with Gasteiger partial charge < -0.3 is 4.90 Å². The molecule has 1 aliphatic carbocycles. The topological polar surface area (TPSA) is 21.1 Å². The minimum Gasteiger partial charge on any atom is -0.310 e. The molecule has 0 unspecified atom stereocenters. The van der Waals surface area contributed by atoms with E-state index in [0.29, 0.717) is 0 Å². The fraction of sp³-hybridized carbons (Fsp3) is 0.0755. The highest BCUT2D eigenvalue weighted by atomic mass is 15.2. The number of hydrogen-bond donors (Lipinski definition) is 0. The van der Waals surface area contributed by atoms with Crippen molar-refractivity contribution in [2.45, 2.75) is 24.7 Å². The number of para-hydroxylation sites is 1. The number of rotatable bonds is 6. The molecule has 9 aromatic rings. The highest BCUT2D eigenvalue weighted by Gasteiger charge is 2.49. The lowest BCUT2D eigenvalue weighted by atomic mass is 9.70. The second-order valence-electron chi connectivity index (χ2n) is 15.6. The summed E-state index contributed by atoms with van der Waals surface area (Å²) in [6.07, 6.45) is 0. The Morgan fingerprint density at radius 1 is 0.446 bits per heavy atom. The van der Waals surface area contributed by atoms with Crippen LogP contribution in [0.2, 0.25) is 0 Å². The summed E-state index contributed by atoms with van der Waals surface area (Å²) < 4.78 is 2.39. The fourth-order valence-corrected chi connectivity index (χ4v) is 9.63. The van der Waals surface area contributed by atoms with Crippen LogP contribution in [0.3, 0.4) is 0 Å². The Labute approximate surface area is 327 Å². The summed E-state index contributed by atoms with van der Waals surface area (Å²) in [6.45, 7) is 4.70. The van der Waals surface area contributed by atoms with Gasteiger partial charge in [-0.2, -0.15) is 0 Å². The number of anilines is 3. The molecule has 56 heavy (non-hydrogen) atoms. The first-order valence-corrected chi connectivity index (χ1v) is 19.5. The molecule has 266 valence electrons. The summed E-state index contributed by atoms with van der Waals surface area (Å²) >= 11 is 0. The lowest BCUT2D eigenvalue weighted by Gasteiger charge is -2.30. The predicted molar refractivity (Wildman–Crippen MR) is 231 cm³/mol. The Hall–Kier alpha value is -6.97. The smallest absolute Gasteiger partial charge is 0.134 e. The van der Waals surface area contributed by atoms with E-state index < -0.39 is 5.41 Å². The van der Waals surface area contributed by atoms with Gasteiger partial charge in [-0.3, -0.25) is 4.57 Å². The highest BCUT2D eigenvalue weighted by Crippen LogP contribution is 2.54. The molecule has 0 fully saturated rings. The molecule has 2 aliphatic rings. The van der Waals surface area contributed by atoms with E-state index in [0.717, 1.165) is 33.9 Å². The van der Waals surface area contributed by atoms with Crippen LogP contribution in [0.5, 0.6) is 0 Å². The van der Waals surface area contributed by atoms with Gasteiger partial charge in [0.05, 0.1) is 16.7 Å². The first kappa shape index (κ1) is 32.5. The zero-order valence-electron chi connectivity index (χ0n) is 31.4. The first-order valence-electron chi connectivity index (χ1n) is 19.5. The van der Waals surface area contributed by atoms with Crippen molar-refractivity contribution < 1.29 is 0 Å². The summed E-state index contributed by atoms with van der Waals surface area (Å²) in [6, 6.07) is 72.8. The van der Waals surface area contributed by atoms with E-state index >= 15 is 0 Å². The Kier molecular flexibility index (Phi) is 7.11. The van der Waals surface area contributed by atoms with Crippen molar-refractivity contribution in [1.29, 1.82) is 0 Å². The molecule has 3 nitrogen and oxygen atoms in total. The van der Waals surface area contributed by atoms with E-state index in [-0.39, 0.29) is 5.41 Å². The number of aromatic nitrogens is 2. The second-order valence-corrected chi connectivity index (χ2v) is 15.6. The lowest BCUT2D eigenvalue weighted by molar-refractivity contribution is 0.660. The largest absolute Gasteiger partial charge is 0.310 e. The average Bonchev–Trinajstić information content (AvgIpc) is 3.85. The molecule has 0 saturated carbocycles. The average molecular weight is 718 g/mol. The van der Waals surface area contributed by atoms with Crippen LogP contribution >= 0.6 is 0 Å². The Morgan fingerprint density at radius 3 is 1.70 bits per heavy atom. The number of hydrogen-bond acceptors (Lipinski definition) is 2. The van der Waals surface area contributed by atoms with Crippen LogP contribution in [-0.4, -0.2) is 9.55 Å². The minimum atomic E-state index is -0.578. The van der Waals surface area contributed by atoms with E-state index in [1.165, 1.54) is 55.8 Å². The summed E-state index contributed by atoms with van der Waals surface area (Å²) in [7, 11) is 0. The summed E-state index contributed by atoms with van der Waals surface area (Å²) in [5.74, 6) is 1.01. The van der Waals surface area contributed by atoms with E-state index in [2.05, 4.69) is 224 Å². The van der Waals surface area contributed by atoms with Gasteiger partial charge >= 0.3 is 0 Å². The van der Waals surface area contributed by atoms with Crippen molar-refractivity contribution in [2.24, 2.45) is 0 Å². The summed E-state index contributed by atoms with van der Waals surface area (Å²) in [5.41, 5.74) is 17.2. The van der Waals surface area contributed by atoms with Gasteiger partial charge in [0.15, 0.2) is 0 Å². The maximum absolute atomic E-state index is 5.64. The van der Waals surface area contributed by atoms with Crippen molar-refractivity contribution in [1.82, 2.24) is 9.55 Å². The zero-order valence-corrected chi connectivity index (χ0v) is 31.4. The summed E-state index contributed by atoms with van der Waals surface area (Å²) in [4.78, 5) is 8.04. The second kappa shape index (κ2) is 12.3. The molecule has 0 amide bonds. The van der Waals surface area contributed by atoms with Gasteiger partial charge in [-0.25, -0.2) is 4.98 Å². The van der Waals surface area contributed by atoms with Crippen LogP contribution in [0.1, 0.15) is 47.5 Å². The third-order valence-electron chi connectivity index (χ3n) is 12.3. The molecular weight excluding hydrogens is 679 g/mol. The zero-order chi connectivity index (χ0) is 37.4. The van der Waals surface area contributed by atoms with Gasteiger partial charge in [-0.05, 0) is 98.6 Å². The molecule has 0 atom stereocenters. The van der Waals surface area contributed by atoms with E-state index in [1.807, 2.05) is 0 Å². The predicted octanol–water partition coefficient (Wildman–Crippen LogP) is 13.2. The van der Waals surface area contributed by atoms with Crippen LogP contribution in [-0.2, 0) is 10.8 Å². The Morgan fingerprint density at radius 2 is 0.982 bits per heavy atom. The number of fused-ring (bicyclic) bond motifs is 8. The monoisotopic (exact) mass is 717 g/mol. The maximum atomic E-state index is 5.64. The van der Waals surface area contributed by atoms with Gasteiger partial charge in [-0.1, -0.05) is 166 Å². The van der Waals surface area contributed by atoms with Crippen LogP contribution in [0.25, 0.3) is 39.0 Å². The Bertz CT molecular complexity index is 2880. The van der Waals surface area contributed by atoms with E-state index in [9.17, 15) is 0 Å². The molecule has 2 heterocycles. The summed E-state index contributed by atoms with van der Waals surface area (Å²) in [5, 5.41) is 0. The molecule has 11 rings (SSSR count). The molecule has 0 spiro atoms. The van der Waals surface area contributed by atoms with Gasteiger partial charge in [0.2, 0.25) is 0 Å². The number of benzene rings is 8. The van der Waals surface area contributed by atoms with E-state index in [4.69, 9.17) is 4.98 Å². The molecule has 1 aromatic heterocycles. The fourth-order valence-electron chi connectivity index (χ4n) is 9.63. The van der Waals surface area contributed by atoms with Crippen molar-refractivity contribution in [3.05, 3.63) is 234 Å². The normalized spacial score (nSPS) is 14.2. The van der Waals surface area contributed by atoms with E-state index in [1.54, 1.807) is 0 Å². The number of imidazole rings is 1. The van der Waals surface area contributed by atoms with Gasteiger partial charge in [0.25, 0.3) is 0 Å². The van der Waals surface area contributed by atoms with Crippen LogP contribution in [0, 0.1) is 0 Å². The van der Waals surface area contributed by atoms with Crippen molar-refractivity contribution in [3.63, 3.8) is 0 Å². The molecule has 0 radical (unpaired) electrons. The first-order chi connectivity index (χ1) is 27.5. The maximum Gasteiger partial charge on any atom is 0.134 e. The van der Waals surface area contributed by atoms with Crippen molar-refractivity contribution in [2.75, 3.05) is 4.90 Å². The Balaban J connectivity index is 1.12. The quantitative estimate of drug-likeness (QED) is 0.171. The lowest BCUT2D eigenvalue weighted by Crippen LogP contribution is -2.29.